The Hall–Kier alpha value is -2.33. The fourth-order valence-electron chi connectivity index (χ4n) is 2.77. The van der Waals surface area contributed by atoms with Crippen LogP contribution in [0.1, 0.15) is 6.42 Å². The monoisotopic (exact) mass is 279 g/mol. The van der Waals surface area contributed by atoms with Crippen molar-refractivity contribution in [2.75, 3.05) is 18.5 Å². The van der Waals surface area contributed by atoms with Crippen LogP contribution in [0.25, 0.3) is 16.9 Å². The lowest BCUT2D eigenvalue weighted by Crippen LogP contribution is -2.19. The van der Waals surface area contributed by atoms with Crippen molar-refractivity contribution in [3.63, 3.8) is 0 Å². The largest absolute Gasteiger partial charge is 0.379 e. The summed E-state index contributed by atoms with van der Waals surface area (Å²) >= 11 is 0. The molecule has 0 spiro atoms. The van der Waals surface area contributed by atoms with Gasteiger partial charge < -0.3 is 10.1 Å². The van der Waals surface area contributed by atoms with Crippen LogP contribution in [0.5, 0.6) is 0 Å². The van der Waals surface area contributed by atoms with Crippen LogP contribution >= 0.6 is 0 Å². The summed E-state index contributed by atoms with van der Waals surface area (Å²) in [7, 11) is 0. The first-order valence-corrected chi connectivity index (χ1v) is 7.27. The molecule has 1 fully saturated rings. The van der Waals surface area contributed by atoms with Gasteiger partial charge in [-0.15, -0.1) is 0 Å². The molecule has 4 heteroatoms. The molecule has 1 N–H and O–H groups in total. The number of fused-ring (bicyclic) bond motifs is 1. The minimum absolute atomic E-state index is 0.408. The number of anilines is 1. The third-order valence-corrected chi connectivity index (χ3v) is 3.88. The second-order valence-electron chi connectivity index (χ2n) is 5.36. The van der Waals surface area contributed by atoms with Gasteiger partial charge in [-0.2, -0.15) is 0 Å². The van der Waals surface area contributed by atoms with Crippen LogP contribution in [-0.4, -0.2) is 28.6 Å². The average molecular weight is 279 g/mol. The molecule has 3 aromatic rings. The lowest BCUT2D eigenvalue weighted by atomic mass is 10.2. The summed E-state index contributed by atoms with van der Waals surface area (Å²) in [6.45, 7) is 1.63. The van der Waals surface area contributed by atoms with Crippen molar-refractivity contribution in [2.24, 2.45) is 0 Å². The van der Waals surface area contributed by atoms with Gasteiger partial charge in [0.05, 0.1) is 30.2 Å². The molecule has 0 amide bonds. The molecular weight excluding hydrogens is 262 g/mol. The van der Waals surface area contributed by atoms with E-state index in [2.05, 4.69) is 39.1 Å². The Kier molecular flexibility index (Phi) is 3.09. The molecule has 0 radical (unpaired) electrons. The molecule has 1 aliphatic heterocycles. The van der Waals surface area contributed by atoms with Gasteiger partial charge in [0.25, 0.3) is 0 Å². The molecule has 1 unspecified atom stereocenters. The van der Waals surface area contributed by atoms with Crippen LogP contribution in [-0.2, 0) is 4.74 Å². The number of rotatable bonds is 3. The molecule has 21 heavy (non-hydrogen) atoms. The first-order valence-electron chi connectivity index (χ1n) is 7.27. The van der Waals surface area contributed by atoms with Crippen LogP contribution in [0.3, 0.4) is 0 Å². The molecule has 0 aliphatic carbocycles. The van der Waals surface area contributed by atoms with Gasteiger partial charge >= 0.3 is 0 Å². The highest BCUT2D eigenvalue weighted by Crippen LogP contribution is 2.23. The number of pyridine rings is 1. The van der Waals surface area contributed by atoms with Crippen LogP contribution < -0.4 is 5.32 Å². The van der Waals surface area contributed by atoms with Crippen molar-refractivity contribution in [3.8, 4) is 11.3 Å². The maximum atomic E-state index is 5.41. The Balaban J connectivity index is 1.72. The number of hydrogen-bond acceptors (Lipinski definition) is 3. The number of hydrogen-bond donors (Lipinski definition) is 1. The summed E-state index contributed by atoms with van der Waals surface area (Å²) in [4.78, 5) is 4.48. The Morgan fingerprint density at radius 1 is 1.14 bits per heavy atom. The molecule has 1 saturated heterocycles. The second kappa shape index (κ2) is 5.22. The smallest absolute Gasteiger partial charge is 0.137 e. The highest BCUT2D eigenvalue weighted by atomic mass is 16.5. The van der Waals surface area contributed by atoms with E-state index in [1.54, 1.807) is 0 Å². The first-order chi connectivity index (χ1) is 10.4. The van der Waals surface area contributed by atoms with E-state index >= 15 is 0 Å². The van der Waals surface area contributed by atoms with Crippen molar-refractivity contribution in [3.05, 3.63) is 54.9 Å². The van der Waals surface area contributed by atoms with Gasteiger partial charge in [0.2, 0.25) is 0 Å². The van der Waals surface area contributed by atoms with Crippen LogP contribution in [0.15, 0.2) is 54.9 Å². The zero-order chi connectivity index (χ0) is 14.1. The quantitative estimate of drug-likeness (QED) is 0.800. The number of benzene rings is 1. The molecule has 0 bridgehead atoms. The van der Waals surface area contributed by atoms with Crippen molar-refractivity contribution in [1.82, 2.24) is 9.38 Å². The lowest BCUT2D eigenvalue weighted by molar-refractivity contribution is 0.195. The summed E-state index contributed by atoms with van der Waals surface area (Å²) in [6.07, 6.45) is 5.10. The summed E-state index contributed by atoms with van der Waals surface area (Å²) in [5.74, 6) is 0. The molecule has 0 saturated carbocycles. The van der Waals surface area contributed by atoms with E-state index in [1.165, 1.54) is 5.56 Å². The zero-order valence-electron chi connectivity index (χ0n) is 11.7. The molecule has 1 atom stereocenters. The summed E-state index contributed by atoms with van der Waals surface area (Å²) in [5.41, 5.74) is 4.35. The number of imidazole rings is 1. The van der Waals surface area contributed by atoms with E-state index in [0.717, 1.165) is 36.7 Å². The molecular formula is C17H17N3O. The summed E-state index contributed by atoms with van der Waals surface area (Å²) < 4.78 is 7.55. The zero-order valence-corrected chi connectivity index (χ0v) is 11.7. The molecule has 4 rings (SSSR count). The van der Waals surface area contributed by atoms with Gasteiger partial charge in [-0.1, -0.05) is 30.3 Å². The van der Waals surface area contributed by atoms with Crippen LogP contribution in [0.2, 0.25) is 0 Å². The molecule has 1 aliphatic rings. The molecule has 1 aromatic carbocycles. The third kappa shape index (κ3) is 2.38. The Bertz CT molecular complexity index is 745. The van der Waals surface area contributed by atoms with E-state index in [4.69, 9.17) is 4.74 Å². The normalized spacial score (nSPS) is 18.2. The fourth-order valence-corrected chi connectivity index (χ4v) is 2.77. The predicted molar refractivity (Wildman–Crippen MR) is 83.5 cm³/mol. The van der Waals surface area contributed by atoms with E-state index in [-0.39, 0.29) is 0 Å². The van der Waals surface area contributed by atoms with Gasteiger partial charge in [0.1, 0.15) is 5.65 Å². The molecule has 4 nitrogen and oxygen atoms in total. The van der Waals surface area contributed by atoms with Gasteiger partial charge in [0.15, 0.2) is 0 Å². The van der Waals surface area contributed by atoms with E-state index in [0.29, 0.717) is 6.04 Å². The summed E-state index contributed by atoms with van der Waals surface area (Å²) in [5, 5.41) is 3.53. The fraction of sp³-hybridized carbons (Fsp3) is 0.235. The van der Waals surface area contributed by atoms with E-state index in [1.807, 2.05) is 30.5 Å². The maximum Gasteiger partial charge on any atom is 0.137 e. The first kappa shape index (κ1) is 12.4. The molecule has 106 valence electrons. The third-order valence-electron chi connectivity index (χ3n) is 3.88. The van der Waals surface area contributed by atoms with E-state index in [9.17, 15) is 0 Å². The van der Waals surface area contributed by atoms with Gasteiger partial charge in [-0.25, -0.2) is 4.98 Å². The minimum Gasteiger partial charge on any atom is -0.379 e. The number of nitrogens with zero attached hydrogens (tertiary/aromatic N) is 2. The van der Waals surface area contributed by atoms with Crippen molar-refractivity contribution >= 4 is 11.3 Å². The highest BCUT2D eigenvalue weighted by molar-refractivity contribution is 5.65. The van der Waals surface area contributed by atoms with Crippen molar-refractivity contribution in [1.29, 1.82) is 0 Å². The van der Waals surface area contributed by atoms with Crippen LogP contribution in [0, 0.1) is 0 Å². The van der Waals surface area contributed by atoms with Crippen molar-refractivity contribution < 1.29 is 4.74 Å². The maximum absolute atomic E-state index is 5.41. The lowest BCUT2D eigenvalue weighted by Gasteiger charge is -2.13. The Labute approximate surface area is 123 Å². The molecule has 2 aromatic heterocycles. The van der Waals surface area contributed by atoms with Gasteiger partial charge in [-0.05, 0) is 18.6 Å². The predicted octanol–water partition coefficient (Wildman–Crippen LogP) is 3.20. The average Bonchev–Trinajstić information content (AvgIpc) is 3.17. The minimum atomic E-state index is 0.408. The summed E-state index contributed by atoms with van der Waals surface area (Å²) in [6, 6.07) is 14.9. The second-order valence-corrected chi connectivity index (χ2v) is 5.36. The number of nitrogens with one attached hydrogen (secondary N) is 1. The molecule has 3 heterocycles. The Morgan fingerprint density at radius 3 is 2.86 bits per heavy atom. The van der Waals surface area contributed by atoms with Gasteiger partial charge in [-0.3, -0.25) is 4.40 Å². The Morgan fingerprint density at radius 2 is 2.05 bits per heavy atom. The van der Waals surface area contributed by atoms with E-state index < -0.39 is 0 Å². The van der Waals surface area contributed by atoms with Gasteiger partial charge in [0, 0.05) is 18.4 Å². The highest BCUT2D eigenvalue weighted by Gasteiger charge is 2.15. The van der Waals surface area contributed by atoms with Crippen molar-refractivity contribution in [2.45, 2.75) is 12.5 Å². The SMILES string of the molecule is c1ccc(-c2cnc3ccc(NC4CCOC4)cn23)cc1. The number of ether oxygens (including phenoxy) is 1. The van der Waals surface area contributed by atoms with Crippen LogP contribution in [0.4, 0.5) is 5.69 Å². The standard InChI is InChI=1S/C17H17N3O/c1-2-4-13(5-3-1)16-10-18-17-7-6-14(11-20(16)17)19-15-8-9-21-12-15/h1-7,10-11,15,19H,8-9,12H2. The topological polar surface area (TPSA) is 38.6 Å². The number of aromatic nitrogens is 2.